The van der Waals surface area contributed by atoms with Crippen LogP contribution in [-0.4, -0.2) is 24.2 Å². The van der Waals surface area contributed by atoms with Crippen molar-refractivity contribution < 1.29 is 30.2 Å². The molecule has 1 aliphatic rings. The van der Waals surface area contributed by atoms with E-state index in [-0.39, 0.29) is 25.7 Å². The van der Waals surface area contributed by atoms with Crippen LogP contribution in [-0.2, 0) is 10.2 Å². The first-order chi connectivity index (χ1) is 9.86. The van der Waals surface area contributed by atoms with Gasteiger partial charge in [0.05, 0.1) is 0 Å². The van der Waals surface area contributed by atoms with Gasteiger partial charge in [-0.1, -0.05) is 32.9 Å². The number of hydrogen-bond donors (Lipinski definition) is 1. The fourth-order valence-electron chi connectivity index (χ4n) is 2.98. The molecule has 3 nitrogen and oxygen atoms in total. The van der Waals surface area contributed by atoms with Crippen LogP contribution in [0, 0.1) is 5.92 Å². The zero-order valence-electron chi connectivity index (χ0n) is 15.4. The van der Waals surface area contributed by atoms with Crippen LogP contribution in [0.25, 0.3) is 0 Å². The van der Waals surface area contributed by atoms with Crippen LogP contribution in [0.4, 0.5) is 5.69 Å². The smallest absolute Gasteiger partial charge is 1.00 e. The first kappa shape index (κ1) is 19.1. The number of rotatable bonds is 4. The van der Waals surface area contributed by atoms with Crippen molar-refractivity contribution in [3.05, 3.63) is 29.8 Å². The molecule has 1 aromatic carbocycles. The topological polar surface area (TPSA) is 40.5 Å². The average molecular weight is 297 g/mol. The van der Waals surface area contributed by atoms with E-state index in [1.54, 1.807) is 0 Å². The Morgan fingerprint density at radius 3 is 2.23 bits per heavy atom. The second-order valence-electron chi connectivity index (χ2n) is 7.16. The molecule has 0 aliphatic carbocycles. The van der Waals surface area contributed by atoms with Gasteiger partial charge >= 0.3 is 24.8 Å². The molecule has 1 aromatic rings. The Hall–Kier alpha value is -0.913. The molecule has 0 radical (unpaired) electrons. The third-order valence-corrected chi connectivity index (χ3v) is 4.48. The largest absolute Gasteiger partial charge is 1.00 e. The minimum Gasteiger partial charge on any atom is -1.00 e. The van der Waals surface area contributed by atoms with E-state index in [2.05, 4.69) is 49.9 Å². The molecule has 0 saturated carbocycles. The van der Waals surface area contributed by atoms with Gasteiger partial charge in [0.15, 0.2) is 0 Å². The van der Waals surface area contributed by atoms with E-state index in [1.165, 1.54) is 11.3 Å². The van der Waals surface area contributed by atoms with E-state index >= 15 is 0 Å². The summed E-state index contributed by atoms with van der Waals surface area (Å²) in [6.07, 6.45) is 3.35. The Balaban J connectivity index is 0.00000242. The van der Waals surface area contributed by atoms with Crippen molar-refractivity contribution >= 4 is 11.7 Å². The summed E-state index contributed by atoms with van der Waals surface area (Å²) in [7, 11) is 0. The number of benzene rings is 1. The maximum absolute atomic E-state index is 10.6. The Morgan fingerprint density at radius 2 is 1.77 bits per heavy atom. The predicted molar refractivity (Wildman–Crippen MR) is 88.1 cm³/mol. The van der Waals surface area contributed by atoms with Gasteiger partial charge < -0.3 is 11.4 Å². The molecule has 118 valence electrons. The van der Waals surface area contributed by atoms with Gasteiger partial charge in [0.2, 0.25) is 0 Å². The van der Waals surface area contributed by atoms with Crippen LogP contribution in [0.3, 0.4) is 0 Å². The first-order valence-corrected chi connectivity index (χ1v) is 7.93. The molecule has 1 N–H and O–H groups in total. The Labute approximate surface area is 147 Å². The maximum atomic E-state index is 10.6. The van der Waals surface area contributed by atoms with Gasteiger partial charge in [-0.05, 0) is 48.3 Å². The van der Waals surface area contributed by atoms with Crippen molar-refractivity contribution in [1.29, 1.82) is 0 Å². The van der Waals surface area contributed by atoms with Crippen LogP contribution < -0.4 is 23.8 Å². The molecule has 4 heteroatoms. The molecule has 1 fully saturated rings. The van der Waals surface area contributed by atoms with Gasteiger partial charge in [-0.2, -0.15) is 0 Å². The van der Waals surface area contributed by atoms with Crippen molar-refractivity contribution in [1.82, 2.24) is 0 Å². The van der Waals surface area contributed by atoms with Gasteiger partial charge in [-0.3, -0.25) is 4.79 Å². The number of hydrogen-bond acceptors (Lipinski definition) is 2. The predicted octanol–water partition coefficient (Wildman–Crippen LogP) is 1.18. The number of carboxylic acid groups (broad SMARTS) is 1. The molecule has 1 saturated heterocycles. The molecular weight excluding hydrogens is 269 g/mol. The van der Waals surface area contributed by atoms with Crippen LogP contribution >= 0.6 is 0 Å². The number of aliphatic carboxylic acids is 1. The summed E-state index contributed by atoms with van der Waals surface area (Å²) in [5.74, 6) is -0.0959. The second-order valence-corrected chi connectivity index (χ2v) is 7.16. The molecular formula is C18H28LiNO2. The Kier molecular flexibility index (Phi) is 7.03. The van der Waals surface area contributed by atoms with Crippen molar-refractivity contribution in [2.45, 2.75) is 51.9 Å². The summed E-state index contributed by atoms with van der Waals surface area (Å²) < 4.78 is 0. The van der Waals surface area contributed by atoms with E-state index in [1.807, 2.05) is 0 Å². The van der Waals surface area contributed by atoms with Gasteiger partial charge in [-0.25, -0.2) is 0 Å². The molecule has 0 aromatic heterocycles. The van der Waals surface area contributed by atoms with E-state index in [9.17, 15) is 4.79 Å². The van der Waals surface area contributed by atoms with Crippen molar-refractivity contribution in [2.75, 3.05) is 18.0 Å². The summed E-state index contributed by atoms with van der Waals surface area (Å²) >= 11 is 0. The minimum atomic E-state index is -0.671. The minimum absolute atomic E-state index is 0. The average Bonchev–Trinajstić information content (AvgIpc) is 2.45. The molecule has 2 rings (SSSR count). The van der Waals surface area contributed by atoms with Crippen LogP contribution in [0.2, 0.25) is 0 Å². The van der Waals surface area contributed by atoms with E-state index in [4.69, 9.17) is 5.11 Å². The Morgan fingerprint density at radius 1 is 1.23 bits per heavy atom. The van der Waals surface area contributed by atoms with Gasteiger partial charge in [-0.15, -0.1) is 0 Å². The second kappa shape index (κ2) is 8.08. The molecule has 22 heavy (non-hydrogen) atoms. The molecule has 0 spiro atoms. The van der Waals surface area contributed by atoms with E-state index < -0.39 is 5.97 Å². The van der Waals surface area contributed by atoms with Crippen molar-refractivity contribution in [2.24, 2.45) is 5.92 Å². The standard InChI is InChI=1S/C18H27NO2.Li.H/c1-18(2,3)15-5-7-16(8-6-15)19-12-10-14(11-13-19)4-9-17(20)21;;/h5-8,14H,4,9-13H2,1-3H3,(H,20,21);;/q;+1;-1. The van der Waals surface area contributed by atoms with Gasteiger partial charge in [0.1, 0.15) is 0 Å². The van der Waals surface area contributed by atoms with Crippen LogP contribution in [0.1, 0.15) is 53.4 Å². The first-order valence-electron chi connectivity index (χ1n) is 7.93. The fourth-order valence-corrected chi connectivity index (χ4v) is 2.98. The number of carbonyl (C=O) groups is 1. The third-order valence-electron chi connectivity index (χ3n) is 4.48. The van der Waals surface area contributed by atoms with Crippen LogP contribution in [0.15, 0.2) is 24.3 Å². The summed E-state index contributed by atoms with van der Waals surface area (Å²) in [6, 6.07) is 8.90. The van der Waals surface area contributed by atoms with Crippen molar-refractivity contribution in [3.63, 3.8) is 0 Å². The summed E-state index contributed by atoms with van der Waals surface area (Å²) in [6.45, 7) is 8.78. The van der Waals surface area contributed by atoms with E-state index in [0.717, 1.165) is 32.4 Å². The van der Waals surface area contributed by atoms with Gasteiger partial charge in [0, 0.05) is 25.2 Å². The molecule has 1 aliphatic heterocycles. The molecule has 0 amide bonds. The number of nitrogens with zero attached hydrogens (tertiary/aromatic N) is 1. The van der Waals surface area contributed by atoms with Crippen molar-refractivity contribution in [3.8, 4) is 0 Å². The zero-order valence-corrected chi connectivity index (χ0v) is 14.4. The Bertz CT molecular complexity index is 477. The molecule has 0 unspecified atom stereocenters. The third kappa shape index (κ3) is 5.37. The summed E-state index contributed by atoms with van der Waals surface area (Å²) in [5.41, 5.74) is 2.85. The summed E-state index contributed by atoms with van der Waals surface area (Å²) in [4.78, 5) is 13.1. The molecule has 0 bridgehead atoms. The summed E-state index contributed by atoms with van der Waals surface area (Å²) in [5, 5.41) is 8.76. The van der Waals surface area contributed by atoms with Gasteiger partial charge in [0.25, 0.3) is 0 Å². The number of carboxylic acids is 1. The van der Waals surface area contributed by atoms with Crippen LogP contribution in [0.5, 0.6) is 0 Å². The molecule has 1 heterocycles. The SMILES string of the molecule is CC(C)(C)c1ccc(N2CCC(CCC(=O)O)CC2)cc1.[H-].[Li+]. The maximum Gasteiger partial charge on any atom is 1.00 e. The quantitative estimate of drug-likeness (QED) is 0.849. The number of piperidine rings is 1. The normalized spacial score (nSPS) is 16.2. The molecule has 0 atom stereocenters. The zero-order chi connectivity index (χ0) is 15.5. The monoisotopic (exact) mass is 297 g/mol. The number of anilines is 1. The van der Waals surface area contributed by atoms with E-state index in [0.29, 0.717) is 12.3 Å². The fraction of sp³-hybridized carbons (Fsp3) is 0.611.